The van der Waals surface area contributed by atoms with Gasteiger partial charge in [-0.1, -0.05) is 41.5 Å². The Morgan fingerprint density at radius 1 is 0.800 bits per heavy atom. The maximum absolute atomic E-state index is 3.26. The zero-order valence-electron chi connectivity index (χ0n) is 10.8. The Morgan fingerprint density at radius 2 is 1.13 bits per heavy atom. The summed E-state index contributed by atoms with van der Waals surface area (Å²) in [6, 6.07) is 0. The lowest BCUT2D eigenvalue weighted by Crippen LogP contribution is -2.39. The van der Waals surface area contributed by atoms with Crippen LogP contribution in [0.15, 0.2) is 12.4 Å². The summed E-state index contributed by atoms with van der Waals surface area (Å²) in [7, 11) is 0. The molecular formula is C14H23N. The molecule has 0 spiro atoms. The van der Waals surface area contributed by atoms with Crippen LogP contribution in [0.3, 0.4) is 0 Å². The van der Waals surface area contributed by atoms with E-state index in [-0.39, 0.29) is 0 Å². The highest BCUT2D eigenvalue weighted by atomic mass is 14.7. The van der Waals surface area contributed by atoms with Crippen LogP contribution < -0.4 is 0 Å². The van der Waals surface area contributed by atoms with Crippen molar-refractivity contribution >= 4 is 0 Å². The Hall–Kier alpha value is -0.720. The molecule has 0 saturated heterocycles. The zero-order chi connectivity index (χ0) is 11.4. The van der Waals surface area contributed by atoms with E-state index in [0.29, 0.717) is 22.7 Å². The predicted octanol–water partition coefficient (Wildman–Crippen LogP) is 4.29. The van der Waals surface area contributed by atoms with Crippen molar-refractivity contribution in [3.05, 3.63) is 23.5 Å². The molecule has 1 aromatic heterocycles. The summed E-state index contributed by atoms with van der Waals surface area (Å²) in [6.07, 6.45) is 4.38. The van der Waals surface area contributed by atoms with E-state index in [2.05, 4.69) is 58.9 Å². The molecule has 1 heterocycles. The van der Waals surface area contributed by atoms with Crippen molar-refractivity contribution in [2.75, 3.05) is 0 Å². The first-order valence-corrected chi connectivity index (χ1v) is 5.89. The van der Waals surface area contributed by atoms with Gasteiger partial charge in [-0.15, -0.1) is 0 Å². The SMILES string of the molecule is CC(C)(C)C1c2c[nH]cc2C1C(C)(C)C. The molecule has 1 nitrogen and oxygen atoms in total. The normalized spacial score (nSPS) is 26.0. The van der Waals surface area contributed by atoms with Crippen LogP contribution in [0.2, 0.25) is 0 Å². The molecule has 2 atom stereocenters. The van der Waals surface area contributed by atoms with E-state index in [4.69, 9.17) is 0 Å². The molecule has 1 aliphatic rings. The maximum atomic E-state index is 3.26. The van der Waals surface area contributed by atoms with Gasteiger partial charge in [0.2, 0.25) is 0 Å². The third kappa shape index (κ3) is 1.53. The minimum Gasteiger partial charge on any atom is -0.367 e. The number of hydrogen-bond donors (Lipinski definition) is 1. The van der Waals surface area contributed by atoms with Gasteiger partial charge in [-0.05, 0) is 33.8 Å². The van der Waals surface area contributed by atoms with Gasteiger partial charge in [0.1, 0.15) is 0 Å². The molecule has 0 aliphatic heterocycles. The van der Waals surface area contributed by atoms with Crippen LogP contribution >= 0.6 is 0 Å². The molecule has 0 fully saturated rings. The van der Waals surface area contributed by atoms with Gasteiger partial charge in [0, 0.05) is 12.4 Å². The summed E-state index contributed by atoms with van der Waals surface area (Å²) in [4.78, 5) is 3.26. The first-order valence-electron chi connectivity index (χ1n) is 5.89. The fourth-order valence-corrected chi connectivity index (χ4v) is 3.12. The fourth-order valence-electron chi connectivity index (χ4n) is 3.12. The summed E-state index contributed by atoms with van der Waals surface area (Å²) >= 11 is 0. The van der Waals surface area contributed by atoms with E-state index in [9.17, 15) is 0 Å². The van der Waals surface area contributed by atoms with Gasteiger partial charge in [-0.2, -0.15) is 0 Å². The Bertz CT molecular complexity index is 325. The van der Waals surface area contributed by atoms with Gasteiger partial charge in [0.25, 0.3) is 0 Å². The molecule has 1 aromatic rings. The molecule has 15 heavy (non-hydrogen) atoms. The van der Waals surface area contributed by atoms with Gasteiger partial charge in [0.05, 0.1) is 0 Å². The van der Waals surface area contributed by atoms with Crippen LogP contribution in [0.4, 0.5) is 0 Å². The van der Waals surface area contributed by atoms with Crippen molar-refractivity contribution < 1.29 is 0 Å². The molecule has 1 heteroatoms. The van der Waals surface area contributed by atoms with Gasteiger partial charge in [0.15, 0.2) is 0 Å². The molecule has 1 aliphatic carbocycles. The Morgan fingerprint density at radius 3 is 1.40 bits per heavy atom. The lowest BCUT2D eigenvalue weighted by molar-refractivity contribution is 0.156. The molecule has 1 N–H and O–H groups in total. The van der Waals surface area contributed by atoms with Crippen LogP contribution in [-0.4, -0.2) is 4.98 Å². The summed E-state index contributed by atoms with van der Waals surface area (Å²) in [6.45, 7) is 14.1. The van der Waals surface area contributed by atoms with Crippen LogP contribution in [0.1, 0.15) is 64.5 Å². The maximum Gasteiger partial charge on any atom is 0.00435 e. The second-order valence-corrected chi connectivity index (χ2v) is 7.05. The Labute approximate surface area is 93.3 Å². The van der Waals surface area contributed by atoms with E-state index in [1.165, 1.54) is 0 Å². The molecule has 84 valence electrons. The van der Waals surface area contributed by atoms with E-state index in [1.807, 2.05) is 0 Å². The standard InChI is InChI=1S/C14H23N/c1-13(2,3)11-9-7-15-8-10(9)12(11)14(4,5)6/h7-8,11-12,15H,1-6H3. The highest BCUT2D eigenvalue weighted by Crippen LogP contribution is 2.61. The molecular weight excluding hydrogens is 182 g/mol. The van der Waals surface area contributed by atoms with E-state index >= 15 is 0 Å². The second kappa shape index (κ2) is 2.90. The minimum atomic E-state index is 0.368. The summed E-state index contributed by atoms with van der Waals surface area (Å²) < 4.78 is 0. The number of aromatic nitrogens is 1. The second-order valence-electron chi connectivity index (χ2n) is 7.05. The number of nitrogens with one attached hydrogen (secondary N) is 1. The number of fused-ring (bicyclic) bond motifs is 1. The molecule has 0 amide bonds. The van der Waals surface area contributed by atoms with Crippen molar-refractivity contribution in [3.63, 3.8) is 0 Å². The lowest BCUT2D eigenvalue weighted by Gasteiger charge is -2.51. The highest BCUT2D eigenvalue weighted by molar-refractivity contribution is 5.46. The van der Waals surface area contributed by atoms with E-state index in [0.717, 1.165) is 0 Å². The number of rotatable bonds is 0. The quantitative estimate of drug-likeness (QED) is 0.650. The molecule has 0 aromatic carbocycles. The zero-order valence-corrected chi connectivity index (χ0v) is 10.8. The first-order chi connectivity index (χ1) is 6.73. The summed E-state index contributed by atoms with van der Waals surface area (Å²) in [5.41, 5.74) is 3.82. The van der Waals surface area contributed by atoms with Crippen LogP contribution in [0, 0.1) is 10.8 Å². The van der Waals surface area contributed by atoms with E-state index in [1.54, 1.807) is 11.1 Å². The average molecular weight is 205 g/mol. The van der Waals surface area contributed by atoms with Crippen LogP contribution in [-0.2, 0) is 0 Å². The van der Waals surface area contributed by atoms with Gasteiger partial charge in [-0.25, -0.2) is 0 Å². The molecule has 2 rings (SSSR count). The lowest BCUT2D eigenvalue weighted by atomic mass is 9.52. The summed E-state index contributed by atoms with van der Waals surface area (Å²) in [5.74, 6) is 1.41. The van der Waals surface area contributed by atoms with Crippen molar-refractivity contribution in [3.8, 4) is 0 Å². The highest BCUT2D eigenvalue weighted by Gasteiger charge is 2.49. The van der Waals surface area contributed by atoms with Crippen LogP contribution in [0.5, 0.6) is 0 Å². The fraction of sp³-hybridized carbons (Fsp3) is 0.714. The summed E-state index contributed by atoms with van der Waals surface area (Å²) in [5, 5.41) is 0. The largest absolute Gasteiger partial charge is 0.367 e. The van der Waals surface area contributed by atoms with Gasteiger partial charge < -0.3 is 4.98 Å². The van der Waals surface area contributed by atoms with Gasteiger partial charge >= 0.3 is 0 Å². The Balaban J connectivity index is 2.42. The van der Waals surface area contributed by atoms with Crippen molar-refractivity contribution in [1.82, 2.24) is 4.98 Å². The minimum absolute atomic E-state index is 0.368. The molecule has 0 radical (unpaired) electrons. The Kier molecular flexibility index (Phi) is 2.09. The van der Waals surface area contributed by atoms with E-state index < -0.39 is 0 Å². The number of aromatic amines is 1. The third-order valence-electron chi connectivity index (χ3n) is 3.68. The molecule has 0 saturated carbocycles. The molecule has 2 unspecified atom stereocenters. The van der Waals surface area contributed by atoms with Crippen molar-refractivity contribution in [2.24, 2.45) is 10.8 Å². The number of H-pyrrole nitrogens is 1. The average Bonchev–Trinajstić information content (AvgIpc) is 2.26. The monoisotopic (exact) mass is 205 g/mol. The topological polar surface area (TPSA) is 15.8 Å². The smallest absolute Gasteiger partial charge is 0.00435 e. The molecule has 0 bridgehead atoms. The third-order valence-corrected chi connectivity index (χ3v) is 3.68. The first kappa shape index (κ1) is 10.8. The number of hydrogen-bond acceptors (Lipinski definition) is 0. The van der Waals surface area contributed by atoms with Crippen molar-refractivity contribution in [1.29, 1.82) is 0 Å². The van der Waals surface area contributed by atoms with Crippen LogP contribution in [0.25, 0.3) is 0 Å². The van der Waals surface area contributed by atoms with Crippen molar-refractivity contribution in [2.45, 2.75) is 53.4 Å². The van der Waals surface area contributed by atoms with Gasteiger partial charge in [-0.3, -0.25) is 0 Å². The predicted molar refractivity (Wildman–Crippen MR) is 65.2 cm³/mol.